The molecule has 98 valence electrons. The molecule has 2 atom stereocenters. The topological polar surface area (TPSA) is 12.0 Å². The lowest BCUT2D eigenvalue weighted by molar-refractivity contribution is 0.368. The van der Waals surface area contributed by atoms with Gasteiger partial charge in [-0.3, -0.25) is 0 Å². The van der Waals surface area contributed by atoms with Crippen molar-refractivity contribution in [2.75, 3.05) is 7.05 Å². The minimum absolute atomic E-state index is 0.535. The third-order valence-electron chi connectivity index (χ3n) is 5.07. The summed E-state index contributed by atoms with van der Waals surface area (Å²) in [4.78, 5) is 0. The van der Waals surface area contributed by atoms with Crippen molar-refractivity contribution < 1.29 is 0 Å². The van der Waals surface area contributed by atoms with Gasteiger partial charge < -0.3 is 5.32 Å². The Morgan fingerprint density at radius 3 is 2.17 bits per heavy atom. The maximum atomic E-state index is 3.52. The number of benzene rings is 1. The SMILES string of the molecule is CNC(c1ccc(C2CCC2)cc1)C(C)C1CC1. The zero-order valence-electron chi connectivity index (χ0n) is 11.7. The Kier molecular flexibility index (Phi) is 3.43. The lowest BCUT2D eigenvalue weighted by Crippen LogP contribution is -2.24. The summed E-state index contributed by atoms with van der Waals surface area (Å²) in [7, 11) is 2.10. The molecule has 0 bridgehead atoms. The van der Waals surface area contributed by atoms with Crippen molar-refractivity contribution in [2.24, 2.45) is 11.8 Å². The first-order valence-electron chi connectivity index (χ1n) is 7.56. The van der Waals surface area contributed by atoms with Crippen LogP contribution in [0, 0.1) is 11.8 Å². The molecule has 1 aromatic rings. The highest BCUT2D eigenvalue weighted by atomic mass is 14.9. The summed E-state index contributed by atoms with van der Waals surface area (Å²) < 4.78 is 0. The minimum atomic E-state index is 0.535. The molecule has 0 radical (unpaired) electrons. The molecular weight excluding hydrogens is 218 g/mol. The Balaban J connectivity index is 1.73. The summed E-state index contributed by atoms with van der Waals surface area (Å²) >= 11 is 0. The second kappa shape index (κ2) is 5.05. The van der Waals surface area contributed by atoms with Gasteiger partial charge in [0.2, 0.25) is 0 Å². The van der Waals surface area contributed by atoms with Crippen LogP contribution in [0.4, 0.5) is 0 Å². The first kappa shape index (κ1) is 12.2. The Morgan fingerprint density at radius 2 is 1.72 bits per heavy atom. The summed E-state index contributed by atoms with van der Waals surface area (Å²) in [6, 6.07) is 9.97. The molecule has 1 aromatic carbocycles. The molecular formula is C17H25N. The molecule has 1 heteroatoms. The second-order valence-electron chi connectivity index (χ2n) is 6.26. The van der Waals surface area contributed by atoms with E-state index in [0.29, 0.717) is 6.04 Å². The number of nitrogens with one attached hydrogen (secondary N) is 1. The molecule has 2 unspecified atom stereocenters. The van der Waals surface area contributed by atoms with Gasteiger partial charge in [-0.15, -0.1) is 0 Å². The molecule has 2 fully saturated rings. The molecule has 0 aromatic heterocycles. The lowest BCUT2D eigenvalue weighted by Gasteiger charge is -2.27. The molecule has 3 rings (SSSR count). The number of hydrogen-bond donors (Lipinski definition) is 1. The van der Waals surface area contributed by atoms with E-state index in [1.165, 1.54) is 37.7 Å². The van der Waals surface area contributed by atoms with Crippen LogP contribution in [0.25, 0.3) is 0 Å². The summed E-state index contributed by atoms with van der Waals surface area (Å²) in [5, 5.41) is 3.52. The van der Waals surface area contributed by atoms with Crippen molar-refractivity contribution >= 4 is 0 Å². The van der Waals surface area contributed by atoms with Crippen LogP contribution in [-0.2, 0) is 0 Å². The fraction of sp³-hybridized carbons (Fsp3) is 0.647. The summed E-state index contributed by atoms with van der Waals surface area (Å²) in [5.74, 6) is 2.58. The van der Waals surface area contributed by atoms with Crippen LogP contribution in [0.3, 0.4) is 0 Å². The monoisotopic (exact) mass is 243 g/mol. The molecule has 1 N–H and O–H groups in total. The highest BCUT2D eigenvalue weighted by Crippen LogP contribution is 2.43. The normalized spacial score (nSPS) is 23.4. The molecule has 0 amide bonds. The zero-order valence-corrected chi connectivity index (χ0v) is 11.7. The maximum absolute atomic E-state index is 3.52. The van der Waals surface area contributed by atoms with Crippen molar-refractivity contribution in [3.05, 3.63) is 35.4 Å². The van der Waals surface area contributed by atoms with Crippen LogP contribution in [0.2, 0.25) is 0 Å². The Hall–Kier alpha value is -0.820. The zero-order chi connectivity index (χ0) is 12.5. The minimum Gasteiger partial charge on any atom is -0.313 e. The molecule has 18 heavy (non-hydrogen) atoms. The van der Waals surface area contributed by atoms with Crippen LogP contribution in [0.15, 0.2) is 24.3 Å². The van der Waals surface area contributed by atoms with Crippen molar-refractivity contribution in [3.63, 3.8) is 0 Å². The van der Waals surface area contributed by atoms with Gasteiger partial charge in [-0.05, 0) is 61.6 Å². The largest absolute Gasteiger partial charge is 0.313 e. The third-order valence-corrected chi connectivity index (χ3v) is 5.07. The van der Waals surface area contributed by atoms with Crippen LogP contribution in [0.5, 0.6) is 0 Å². The van der Waals surface area contributed by atoms with Crippen LogP contribution >= 0.6 is 0 Å². The van der Waals surface area contributed by atoms with E-state index in [0.717, 1.165) is 17.8 Å². The molecule has 0 aliphatic heterocycles. The first-order valence-corrected chi connectivity index (χ1v) is 7.56. The maximum Gasteiger partial charge on any atom is 0.0346 e. The molecule has 1 nitrogen and oxygen atoms in total. The first-order chi connectivity index (χ1) is 8.79. The molecule has 0 spiro atoms. The standard InChI is InChI=1S/C17H25N/c1-12(13-6-7-13)17(18-2)16-10-8-15(9-11-16)14-4-3-5-14/h8-14,17-18H,3-7H2,1-2H3. The van der Waals surface area contributed by atoms with Gasteiger partial charge in [-0.1, -0.05) is 37.6 Å². The average molecular weight is 243 g/mol. The number of hydrogen-bond acceptors (Lipinski definition) is 1. The summed E-state index contributed by atoms with van der Waals surface area (Å²) in [6.07, 6.45) is 7.07. The quantitative estimate of drug-likeness (QED) is 0.814. The van der Waals surface area contributed by atoms with E-state index in [-0.39, 0.29) is 0 Å². The molecule has 2 saturated carbocycles. The lowest BCUT2D eigenvalue weighted by atomic mass is 9.79. The van der Waals surface area contributed by atoms with Crippen LogP contribution in [0.1, 0.15) is 62.1 Å². The molecule has 2 aliphatic carbocycles. The third kappa shape index (κ3) is 2.33. The van der Waals surface area contributed by atoms with Gasteiger partial charge in [0.05, 0.1) is 0 Å². The van der Waals surface area contributed by atoms with Crippen molar-refractivity contribution in [1.29, 1.82) is 0 Å². The van der Waals surface area contributed by atoms with E-state index in [1.54, 1.807) is 5.56 Å². The Morgan fingerprint density at radius 1 is 1.06 bits per heavy atom. The van der Waals surface area contributed by atoms with Gasteiger partial charge >= 0.3 is 0 Å². The Labute approximate surface area is 111 Å². The Bertz CT molecular complexity index is 387. The number of rotatable bonds is 5. The van der Waals surface area contributed by atoms with E-state index in [2.05, 4.69) is 43.6 Å². The van der Waals surface area contributed by atoms with Gasteiger partial charge in [0.25, 0.3) is 0 Å². The molecule has 0 heterocycles. The van der Waals surface area contributed by atoms with Gasteiger partial charge in [-0.25, -0.2) is 0 Å². The fourth-order valence-electron chi connectivity index (χ4n) is 3.34. The highest BCUT2D eigenvalue weighted by Gasteiger charge is 2.33. The van der Waals surface area contributed by atoms with Gasteiger partial charge in [0.15, 0.2) is 0 Å². The highest BCUT2D eigenvalue weighted by molar-refractivity contribution is 5.29. The van der Waals surface area contributed by atoms with E-state index in [9.17, 15) is 0 Å². The van der Waals surface area contributed by atoms with Gasteiger partial charge in [-0.2, -0.15) is 0 Å². The second-order valence-corrected chi connectivity index (χ2v) is 6.26. The predicted molar refractivity (Wildman–Crippen MR) is 76.7 cm³/mol. The fourth-order valence-corrected chi connectivity index (χ4v) is 3.34. The molecule has 0 saturated heterocycles. The average Bonchev–Trinajstić information content (AvgIpc) is 3.13. The van der Waals surface area contributed by atoms with Gasteiger partial charge in [0.1, 0.15) is 0 Å². The smallest absolute Gasteiger partial charge is 0.0346 e. The van der Waals surface area contributed by atoms with Crippen molar-refractivity contribution in [1.82, 2.24) is 5.32 Å². The van der Waals surface area contributed by atoms with E-state index < -0.39 is 0 Å². The van der Waals surface area contributed by atoms with Gasteiger partial charge in [0, 0.05) is 6.04 Å². The predicted octanol–water partition coefficient (Wildman–Crippen LogP) is 4.26. The van der Waals surface area contributed by atoms with E-state index in [1.807, 2.05) is 0 Å². The summed E-state index contributed by atoms with van der Waals surface area (Å²) in [6.45, 7) is 2.40. The van der Waals surface area contributed by atoms with Crippen LogP contribution in [-0.4, -0.2) is 7.05 Å². The van der Waals surface area contributed by atoms with E-state index >= 15 is 0 Å². The van der Waals surface area contributed by atoms with Crippen molar-refractivity contribution in [3.8, 4) is 0 Å². The molecule has 2 aliphatic rings. The van der Waals surface area contributed by atoms with Crippen LogP contribution < -0.4 is 5.32 Å². The van der Waals surface area contributed by atoms with E-state index in [4.69, 9.17) is 0 Å². The van der Waals surface area contributed by atoms with Crippen molar-refractivity contribution in [2.45, 2.75) is 51.0 Å². The summed E-state index contributed by atoms with van der Waals surface area (Å²) in [5.41, 5.74) is 3.03.